The minimum Gasteiger partial charge on any atom is -0.456 e. The van der Waals surface area contributed by atoms with E-state index in [1.54, 1.807) is 0 Å². The van der Waals surface area contributed by atoms with Crippen LogP contribution in [0.3, 0.4) is 0 Å². The minimum absolute atomic E-state index is 0.718. The van der Waals surface area contributed by atoms with Crippen molar-refractivity contribution in [2.24, 2.45) is 0 Å². The predicted octanol–water partition coefficient (Wildman–Crippen LogP) is 22.9. The molecule has 0 aliphatic heterocycles. The highest BCUT2D eigenvalue weighted by Crippen LogP contribution is 2.49. The Balaban J connectivity index is 0.000000136. The number of benzene rings is 15. The molecule has 0 bridgehead atoms. The largest absolute Gasteiger partial charge is 0.456 e. The number of halogens is 1. The number of nitrogens with zero attached hydrogens (tertiary/aromatic N) is 1. The van der Waals surface area contributed by atoms with Gasteiger partial charge in [-0.3, -0.25) is 0 Å². The lowest BCUT2D eigenvalue weighted by molar-refractivity contribution is 0.668. The van der Waals surface area contributed by atoms with Gasteiger partial charge in [0.05, 0.1) is 17.1 Å². The van der Waals surface area contributed by atoms with E-state index in [1.165, 1.54) is 64.6 Å². The zero-order valence-electron chi connectivity index (χ0n) is 45.0. The third-order valence-corrected chi connectivity index (χ3v) is 16.7. The number of fused-ring (bicyclic) bond motifs is 15. The Morgan fingerprint density at radius 3 is 1.11 bits per heavy atom. The van der Waals surface area contributed by atoms with Crippen LogP contribution in [0.5, 0.6) is 0 Å². The van der Waals surface area contributed by atoms with Gasteiger partial charge in [0, 0.05) is 54.6 Å². The van der Waals surface area contributed by atoms with Crippen molar-refractivity contribution in [2.75, 3.05) is 10.6 Å². The molecule has 0 saturated heterocycles. The van der Waals surface area contributed by atoms with Crippen molar-refractivity contribution in [3.63, 3.8) is 0 Å². The summed E-state index contributed by atoms with van der Waals surface area (Å²) in [6.07, 6.45) is 0. The summed E-state index contributed by atoms with van der Waals surface area (Å²) in [4.78, 5) is 2.46. The van der Waals surface area contributed by atoms with E-state index >= 15 is 0 Å². The molecule has 0 fully saturated rings. The number of nitrogen functional groups attached to an aromatic ring is 1. The molecule has 15 aromatic carbocycles. The number of hydrogen-bond acceptors (Lipinski definition) is 4. The van der Waals surface area contributed by atoms with Crippen LogP contribution in [0, 0.1) is 0 Å². The van der Waals surface area contributed by atoms with Gasteiger partial charge in [-0.25, -0.2) is 0 Å². The van der Waals surface area contributed by atoms with Crippen LogP contribution < -0.4 is 10.6 Å². The molecule has 4 nitrogen and oxygen atoms in total. The van der Waals surface area contributed by atoms with Crippen LogP contribution in [0.25, 0.3) is 131 Å². The third-order valence-electron chi connectivity index (χ3n) is 16.1. The maximum atomic E-state index is 6.67. The van der Waals surface area contributed by atoms with Crippen LogP contribution in [-0.2, 0) is 0 Å². The van der Waals surface area contributed by atoms with E-state index in [0.717, 1.165) is 93.4 Å². The van der Waals surface area contributed by atoms with Crippen LogP contribution >= 0.6 is 15.9 Å². The van der Waals surface area contributed by atoms with Crippen LogP contribution in [0.4, 0.5) is 22.7 Å². The van der Waals surface area contributed by atoms with Gasteiger partial charge in [0.15, 0.2) is 0 Å². The normalized spacial score (nSPS) is 11.5. The Labute approximate surface area is 487 Å². The van der Waals surface area contributed by atoms with E-state index in [4.69, 9.17) is 14.6 Å². The van der Waals surface area contributed by atoms with Crippen molar-refractivity contribution >= 4 is 147 Å². The molecule has 392 valence electrons. The lowest BCUT2D eigenvalue weighted by Gasteiger charge is -2.30. The van der Waals surface area contributed by atoms with Gasteiger partial charge in [0.2, 0.25) is 0 Å². The summed E-state index contributed by atoms with van der Waals surface area (Å²) in [7, 11) is 0. The lowest BCUT2D eigenvalue weighted by atomic mass is 9.95. The van der Waals surface area contributed by atoms with Gasteiger partial charge in [0.25, 0.3) is 0 Å². The van der Waals surface area contributed by atoms with Crippen molar-refractivity contribution in [3.05, 3.63) is 302 Å². The second-order valence-electron chi connectivity index (χ2n) is 21.0. The number of hydrogen-bond donors (Lipinski definition) is 1. The van der Waals surface area contributed by atoms with Gasteiger partial charge < -0.3 is 19.5 Å². The quantitative estimate of drug-likeness (QED) is 0.138. The molecule has 2 aromatic heterocycles. The summed E-state index contributed by atoms with van der Waals surface area (Å²) < 4.78 is 13.7. The molecule has 17 aromatic rings. The first-order valence-electron chi connectivity index (χ1n) is 27.9. The predicted molar refractivity (Wildman–Crippen MR) is 357 cm³/mol. The Morgan fingerprint density at radius 2 is 0.627 bits per heavy atom. The molecular formula is C78H51BrN2O2. The highest BCUT2D eigenvalue weighted by molar-refractivity contribution is 9.10. The minimum atomic E-state index is 0.718. The van der Waals surface area contributed by atoms with Crippen LogP contribution in [0.1, 0.15) is 0 Å². The van der Waals surface area contributed by atoms with E-state index in [-0.39, 0.29) is 0 Å². The first-order chi connectivity index (χ1) is 41.0. The molecule has 5 heteroatoms. The molecule has 83 heavy (non-hydrogen) atoms. The molecule has 0 unspecified atom stereocenters. The summed E-state index contributed by atoms with van der Waals surface area (Å²) in [6, 6.07) is 105. The van der Waals surface area contributed by atoms with Crippen LogP contribution in [-0.4, -0.2) is 0 Å². The first-order valence-corrected chi connectivity index (χ1v) is 28.7. The second-order valence-corrected chi connectivity index (χ2v) is 21.9. The third kappa shape index (κ3) is 8.87. The molecule has 0 amide bonds. The maximum absolute atomic E-state index is 6.67. The average Bonchev–Trinajstić information content (AvgIpc) is 3.50. The first kappa shape index (κ1) is 49.6. The fraction of sp³-hybridized carbons (Fsp3) is 0. The average molecular weight is 1130 g/mol. The van der Waals surface area contributed by atoms with E-state index in [1.807, 2.05) is 54.6 Å². The Bertz CT molecular complexity index is 5200. The fourth-order valence-corrected chi connectivity index (χ4v) is 13.0. The molecule has 17 rings (SSSR count). The molecule has 2 N–H and O–H groups in total. The van der Waals surface area contributed by atoms with E-state index < -0.39 is 0 Å². The standard InChI is InChI=1S/C46H29NO.C18H13NO.C14H9Br/c1-2-14-30(15-3-1)41-28-33(29-45-46(41)40-24-12-13-25-44(40)48-45)47(42-26-31-16-4-6-18-34(31)36-20-8-10-22-38(36)42)43-27-32-17-5-7-19-35(32)37-21-9-11-23-39(37)43;19-13-10-15(12-6-2-1-3-7-12)18-14-8-4-5-9-16(14)20-17(18)11-13;15-14-9-10-5-1-2-6-11(10)12-7-3-4-8-13(12)14/h1-29H;1-11H,19H2;1-9H. The number of nitrogens with two attached hydrogens (primary N) is 1. The highest BCUT2D eigenvalue weighted by atomic mass is 79.9. The summed E-state index contributed by atoms with van der Waals surface area (Å²) in [6.45, 7) is 0. The van der Waals surface area contributed by atoms with Crippen molar-refractivity contribution in [1.29, 1.82) is 0 Å². The Hall–Kier alpha value is -10.5. The van der Waals surface area contributed by atoms with Crippen LogP contribution in [0.2, 0.25) is 0 Å². The Morgan fingerprint density at radius 1 is 0.277 bits per heavy atom. The van der Waals surface area contributed by atoms with E-state index in [9.17, 15) is 0 Å². The van der Waals surface area contributed by atoms with Gasteiger partial charge in [-0.1, -0.05) is 259 Å². The number of furan rings is 2. The maximum Gasteiger partial charge on any atom is 0.138 e. The lowest BCUT2D eigenvalue weighted by Crippen LogP contribution is -2.12. The monoisotopic (exact) mass is 1130 g/mol. The van der Waals surface area contributed by atoms with Crippen molar-refractivity contribution < 1.29 is 8.83 Å². The van der Waals surface area contributed by atoms with Gasteiger partial charge in [0.1, 0.15) is 22.3 Å². The molecule has 0 aliphatic rings. The highest BCUT2D eigenvalue weighted by Gasteiger charge is 2.24. The van der Waals surface area contributed by atoms with Crippen LogP contribution in [0.15, 0.2) is 311 Å². The Kier molecular flexibility index (Phi) is 12.5. The smallest absolute Gasteiger partial charge is 0.138 e. The summed E-state index contributed by atoms with van der Waals surface area (Å²) in [5, 5.41) is 19.4. The number of anilines is 4. The van der Waals surface area contributed by atoms with Crippen molar-refractivity contribution in [3.8, 4) is 22.3 Å². The van der Waals surface area contributed by atoms with Crippen molar-refractivity contribution in [1.82, 2.24) is 0 Å². The van der Waals surface area contributed by atoms with Gasteiger partial charge >= 0.3 is 0 Å². The summed E-state index contributed by atoms with van der Waals surface area (Å²) in [5.74, 6) is 0. The van der Waals surface area contributed by atoms with E-state index in [0.29, 0.717) is 0 Å². The van der Waals surface area contributed by atoms with Gasteiger partial charge in [-0.2, -0.15) is 0 Å². The zero-order valence-corrected chi connectivity index (χ0v) is 46.6. The number of para-hydroxylation sites is 2. The zero-order chi connectivity index (χ0) is 55.4. The molecule has 0 aliphatic carbocycles. The molecule has 0 spiro atoms. The van der Waals surface area contributed by atoms with Gasteiger partial charge in [-0.15, -0.1) is 0 Å². The van der Waals surface area contributed by atoms with E-state index in [2.05, 4.69) is 263 Å². The second kappa shape index (κ2) is 20.9. The molecule has 2 heterocycles. The molecule has 0 saturated carbocycles. The van der Waals surface area contributed by atoms with Gasteiger partial charge in [-0.05, 0) is 119 Å². The molecule has 0 atom stereocenters. The summed E-state index contributed by atoms with van der Waals surface area (Å²) >= 11 is 3.62. The fourth-order valence-electron chi connectivity index (χ4n) is 12.4. The topological polar surface area (TPSA) is 55.5 Å². The molecular weight excluding hydrogens is 1080 g/mol. The van der Waals surface area contributed by atoms with Crippen molar-refractivity contribution in [2.45, 2.75) is 0 Å². The summed E-state index contributed by atoms with van der Waals surface area (Å²) in [5.41, 5.74) is 18.1. The number of rotatable bonds is 5. The SMILES string of the molecule is Brc1cc2ccccc2c2ccccc12.Nc1cc(-c2ccccc2)c2c(c1)oc1ccccc12.c1ccc(-c2cc(N(c3cc4ccccc4c4ccccc34)c3cc4ccccc4c4ccccc34)cc3oc4ccccc4c23)cc1. The molecule has 0 radical (unpaired) electrons.